The van der Waals surface area contributed by atoms with E-state index in [0.29, 0.717) is 17.8 Å². The predicted octanol–water partition coefficient (Wildman–Crippen LogP) is 4.28. The number of nitriles is 1. The number of amides is 1. The minimum atomic E-state index is -1.83. The van der Waals surface area contributed by atoms with Gasteiger partial charge in [-0.3, -0.25) is 9.78 Å². The number of rotatable bonds is 6. The van der Waals surface area contributed by atoms with Crippen LogP contribution in [0.3, 0.4) is 0 Å². The van der Waals surface area contributed by atoms with Crippen LogP contribution in [0.15, 0.2) is 30.3 Å². The standard InChI is InChI=1S/C28H34N4O4/c1-26(2)9-7-18(8-10-26)24-22(32-25(35)23-4-3-20(15-29)30-23)6-5-21(31-24)19-13-27(16-33)11-12-28(14-19,17-34)36-27/h3-7,19,30,33-34H,8-14,16-17H2,1-2H3,(H,32,35)/i11D,12D,13D,19D. The molecule has 1 amide bonds. The Bertz CT molecular complexity index is 1410. The number of ether oxygens (including phenoxy) is 1. The molecule has 2 aromatic rings. The van der Waals surface area contributed by atoms with Gasteiger partial charge in [0, 0.05) is 17.1 Å². The van der Waals surface area contributed by atoms with Crippen molar-refractivity contribution in [2.24, 2.45) is 5.41 Å². The molecule has 36 heavy (non-hydrogen) atoms. The molecule has 190 valence electrons. The smallest absolute Gasteiger partial charge is 0.272 e. The molecule has 2 bridgehead atoms. The third kappa shape index (κ3) is 4.59. The summed E-state index contributed by atoms with van der Waals surface area (Å²) in [7, 11) is 0. The number of allylic oxidation sites excluding steroid dienone is 2. The van der Waals surface area contributed by atoms with Crippen molar-refractivity contribution in [3.05, 3.63) is 53.1 Å². The Morgan fingerprint density at radius 3 is 2.75 bits per heavy atom. The lowest BCUT2D eigenvalue weighted by atomic mass is 9.77. The van der Waals surface area contributed by atoms with E-state index in [4.69, 9.17) is 19.1 Å². The lowest BCUT2D eigenvalue weighted by Crippen LogP contribution is -2.47. The number of anilines is 1. The Balaban J connectivity index is 1.59. The zero-order valence-electron chi connectivity index (χ0n) is 24.5. The first-order chi connectivity index (χ1) is 18.8. The number of aromatic amines is 1. The number of nitrogens with one attached hydrogen (secondary N) is 2. The largest absolute Gasteiger partial charge is 0.393 e. The molecule has 0 radical (unpaired) electrons. The molecule has 8 heteroatoms. The second kappa shape index (κ2) is 9.15. The van der Waals surface area contributed by atoms with Gasteiger partial charge in [-0.15, -0.1) is 0 Å². The molecule has 8 nitrogen and oxygen atoms in total. The monoisotopic (exact) mass is 494 g/mol. The molecule has 6 unspecified atom stereocenters. The molecule has 0 aromatic carbocycles. The average Bonchev–Trinajstić information content (AvgIpc) is 3.50. The maximum atomic E-state index is 13.0. The first-order valence-corrected chi connectivity index (χ1v) is 12.1. The number of aliphatic hydroxyl groups excluding tert-OH is 2. The molecule has 2 aromatic heterocycles. The summed E-state index contributed by atoms with van der Waals surface area (Å²) in [5.41, 5.74) is -0.965. The number of carbonyl (C=O) groups excluding carboxylic acids is 1. The summed E-state index contributed by atoms with van der Waals surface area (Å²) in [6.45, 7) is 2.97. The predicted molar refractivity (Wildman–Crippen MR) is 135 cm³/mol. The van der Waals surface area contributed by atoms with Crippen LogP contribution in [0.1, 0.15) is 97.7 Å². The molecule has 4 heterocycles. The van der Waals surface area contributed by atoms with E-state index in [-0.39, 0.29) is 28.9 Å². The van der Waals surface area contributed by atoms with E-state index < -0.39 is 55.4 Å². The number of H-pyrrole nitrogens is 1. The van der Waals surface area contributed by atoms with Crippen LogP contribution in [0.4, 0.5) is 5.69 Å². The van der Waals surface area contributed by atoms with Crippen molar-refractivity contribution in [2.45, 2.75) is 75.8 Å². The molecule has 1 aliphatic carbocycles. The Kier molecular flexibility index (Phi) is 5.11. The summed E-state index contributed by atoms with van der Waals surface area (Å²) < 4.78 is 41.6. The molecular weight excluding hydrogens is 456 g/mol. The van der Waals surface area contributed by atoms with Crippen molar-refractivity contribution >= 4 is 17.2 Å². The lowest BCUT2D eigenvalue weighted by molar-refractivity contribution is -0.177. The molecule has 2 saturated heterocycles. The van der Waals surface area contributed by atoms with Crippen LogP contribution in [0.2, 0.25) is 0 Å². The summed E-state index contributed by atoms with van der Waals surface area (Å²) in [5.74, 6) is -2.28. The Hall–Kier alpha value is -2.99. The van der Waals surface area contributed by atoms with Gasteiger partial charge in [-0.05, 0) is 80.1 Å². The van der Waals surface area contributed by atoms with Crippen LogP contribution in [0.25, 0.3) is 5.57 Å². The number of nitrogens with zero attached hydrogens (tertiary/aromatic N) is 2. The number of aromatic nitrogens is 2. The third-order valence-corrected chi connectivity index (χ3v) is 7.29. The van der Waals surface area contributed by atoms with Crippen molar-refractivity contribution in [1.29, 1.82) is 5.26 Å². The maximum Gasteiger partial charge on any atom is 0.272 e. The molecule has 2 fully saturated rings. The van der Waals surface area contributed by atoms with E-state index in [0.717, 1.165) is 18.4 Å². The minimum absolute atomic E-state index is 0.0958. The first kappa shape index (κ1) is 20.1. The number of pyridine rings is 1. The molecule has 2 aliphatic heterocycles. The van der Waals surface area contributed by atoms with Gasteiger partial charge in [0.25, 0.3) is 5.91 Å². The molecule has 5 rings (SSSR count). The zero-order valence-corrected chi connectivity index (χ0v) is 20.5. The van der Waals surface area contributed by atoms with Crippen LogP contribution in [-0.4, -0.2) is 50.5 Å². The molecule has 0 spiro atoms. The Morgan fingerprint density at radius 2 is 2.08 bits per heavy atom. The SMILES string of the molecule is [2H]C1C([2H])C2(CO)OC1(CO)CC([2H])(c1ccc(NC(=O)c3ccc(C#N)[nH]3)c(C3=CCC(C)(C)CC3)n1)C2[2H]. The quantitative estimate of drug-likeness (QED) is 0.474. The average molecular weight is 495 g/mol. The van der Waals surface area contributed by atoms with Crippen LogP contribution in [0, 0.1) is 16.7 Å². The minimum Gasteiger partial charge on any atom is -0.393 e. The summed E-state index contributed by atoms with van der Waals surface area (Å²) in [6.07, 6.45) is 0.100. The van der Waals surface area contributed by atoms with E-state index in [9.17, 15) is 16.4 Å². The van der Waals surface area contributed by atoms with E-state index >= 15 is 0 Å². The van der Waals surface area contributed by atoms with Crippen molar-refractivity contribution in [1.82, 2.24) is 9.97 Å². The van der Waals surface area contributed by atoms with Crippen LogP contribution in [0.5, 0.6) is 0 Å². The van der Waals surface area contributed by atoms with Crippen LogP contribution in [-0.2, 0) is 4.74 Å². The molecule has 0 saturated carbocycles. The fourth-order valence-corrected chi connectivity index (χ4v) is 5.07. The number of hydrogen-bond donors (Lipinski definition) is 4. The van der Waals surface area contributed by atoms with Crippen molar-refractivity contribution < 1.29 is 25.2 Å². The third-order valence-electron chi connectivity index (χ3n) is 7.29. The van der Waals surface area contributed by atoms with E-state index in [1.54, 1.807) is 6.07 Å². The van der Waals surface area contributed by atoms with Gasteiger partial charge in [0.2, 0.25) is 0 Å². The zero-order chi connectivity index (χ0) is 29.1. The normalized spacial score (nSPS) is 38.6. The highest BCUT2D eigenvalue weighted by atomic mass is 16.6. The van der Waals surface area contributed by atoms with Gasteiger partial charge in [0.15, 0.2) is 0 Å². The topological polar surface area (TPSA) is 131 Å². The Morgan fingerprint density at radius 1 is 1.31 bits per heavy atom. The number of hydrogen-bond acceptors (Lipinski definition) is 6. The van der Waals surface area contributed by atoms with Crippen molar-refractivity contribution in [2.75, 3.05) is 18.5 Å². The fraction of sp³-hybridized carbons (Fsp3) is 0.536. The van der Waals surface area contributed by atoms with Crippen LogP contribution < -0.4 is 5.32 Å². The van der Waals surface area contributed by atoms with Gasteiger partial charge >= 0.3 is 0 Å². The highest BCUT2D eigenvalue weighted by molar-refractivity contribution is 6.04. The summed E-state index contributed by atoms with van der Waals surface area (Å²) >= 11 is 0. The van der Waals surface area contributed by atoms with Crippen LogP contribution >= 0.6 is 0 Å². The maximum absolute atomic E-state index is 13.0. The molecule has 6 atom stereocenters. The summed E-state index contributed by atoms with van der Waals surface area (Å²) in [5, 5.41) is 32.5. The highest BCUT2D eigenvalue weighted by Crippen LogP contribution is 2.53. The Labute approximate surface area is 217 Å². The second-order valence-corrected chi connectivity index (χ2v) is 10.7. The van der Waals surface area contributed by atoms with E-state index in [2.05, 4.69) is 30.2 Å². The van der Waals surface area contributed by atoms with Crippen molar-refractivity contribution in [3.8, 4) is 6.07 Å². The van der Waals surface area contributed by atoms with Gasteiger partial charge in [-0.2, -0.15) is 5.26 Å². The number of aliphatic hydroxyl groups is 2. The highest BCUT2D eigenvalue weighted by Gasteiger charge is 2.55. The van der Waals surface area contributed by atoms with Gasteiger partial charge in [-0.1, -0.05) is 19.9 Å². The fourth-order valence-electron chi connectivity index (χ4n) is 5.07. The molecule has 4 N–H and O–H groups in total. The van der Waals surface area contributed by atoms with Gasteiger partial charge in [-0.25, -0.2) is 0 Å². The van der Waals surface area contributed by atoms with Gasteiger partial charge < -0.3 is 25.3 Å². The summed E-state index contributed by atoms with van der Waals surface area (Å²) in [6, 6.07) is 8.13. The summed E-state index contributed by atoms with van der Waals surface area (Å²) in [4.78, 5) is 20.6. The van der Waals surface area contributed by atoms with E-state index in [1.807, 2.05) is 6.07 Å². The first-order valence-electron chi connectivity index (χ1n) is 14.4. The second-order valence-electron chi connectivity index (χ2n) is 10.7. The van der Waals surface area contributed by atoms with E-state index in [1.165, 1.54) is 18.2 Å². The number of carbonyl (C=O) groups is 1. The molecule has 3 aliphatic rings. The van der Waals surface area contributed by atoms with Crippen molar-refractivity contribution in [3.63, 3.8) is 0 Å². The van der Waals surface area contributed by atoms with Gasteiger partial charge in [0.05, 0.1) is 35.8 Å². The lowest BCUT2D eigenvalue weighted by Gasteiger charge is -2.42. The molecular formula is C28H34N4O4. The van der Waals surface area contributed by atoms with Gasteiger partial charge in [0.1, 0.15) is 17.5 Å². The number of fused-ring (bicyclic) bond motifs is 2.